The third-order valence-corrected chi connectivity index (χ3v) is 5.17. The lowest BCUT2D eigenvalue weighted by Crippen LogP contribution is -2.35. The highest BCUT2D eigenvalue weighted by atomic mass is 16.2. The van der Waals surface area contributed by atoms with Crippen molar-refractivity contribution in [3.05, 3.63) is 38.8 Å². The van der Waals surface area contributed by atoms with Crippen molar-refractivity contribution in [3.8, 4) is 11.3 Å². The van der Waals surface area contributed by atoms with E-state index in [2.05, 4.69) is 25.1 Å². The van der Waals surface area contributed by atoms with Crippen molar-refractivity contribution < 1.29 is 0 Å². The van der Waals surface area contributed by atoms with Crippen LogP contribution in [0.5, 0.6) is 0 Å². The Morgan fingerprint density at radius 3 is 2.52 bits per heavy atom. The van der Waals surface area contributed by atoms with Gasteiger partial charge < -0.3 is 9.88 Å². The van der Waals surface area contributed by atoms with Gasteiger partial charge in [-0.1, -0.05) is 0 Å². The minimum atomic E-state index is -0.523. The smallest absolute Gasteiger partial charge is 0.325 e. The fourth-order valence-corrected chi connectivity index (χ4v) is 3.39. The molecule has 0 amide bonds. The minimum Gasteiger partial charge on any atom is -0.370 e. The Balaban J connectivity index is 1.68. The van der Waals surface area contributed by atoms with Crippen LogP contribution in [0.25, 0.3) is 11.3 Å². The molecule has 3 heterocycles. The molecule has 0 unspecified atom stereocenters. The first kappa shape index (κ1) is 14.2. The van der Waals surface area contributed by atoms with E-state index in [4.69, 9.17) is 0 Å². The first-order chi connectivity index (χ1) is 11.1. The molecule has 0 bridgehead atoms. The Kier molecular flexibility index (Phi) is 3.11. The van der Waals surface area contributed by atoms with E-state index in [1.54, 1.807) is 0 Å². The molecule has 2 aliphatic rings. The molecule has 4 rings (SSSR count). The van der Waals surface area contributed by atoms with Gasteiger partial charge >= 0.3 is 5.69 Å². The van der Waals surface area contributed by atoms with Gasteiger partial charge in [0.1, 0.15) is 5.69 Å². The Labute approximate surface area is 132 Å². The van der Waals surface area contributed by atoms with Crippen molar-refractivity contribution in [2.75, 3.05) is 18.0 Å². The van der Waals surface area contributed by atoms with Crippen LogP contribution < -0.4 is 16.1 Å². The summed E-state index contributed by atoms with van der Waals surface area (Å²) in [6, 6.07) is 1.90. The minimum absolute atomic E-state index is 0.328. The molecular formula is C16H19N5O2. The normalized spacial score (nSPS) is 19.1. The van der Waals surface area contributed by atoms with Crippen LogP contribution in [0.15, 0.2) is 21.9 Å². The van der Waals surface area contributed by atoms with E-state index >= 15 is 0 Å². The molecule has 1 spiro atoms. The molecule has 7 nitrogen and oxygen atoms in total. The number of aromatic nitrogens is 4. The van der Waals surface area contributed by atoms with Crippen molar-refractivity contribution in [1.82, 2.24) is 20.2 Å². The number of hydrogen-bond donors (Lipinski definition) is 2. The van der Waals surface area contributed by atoms with Gasteiger partial charge in [-0.15, -0.1) is 5.10 Å². The number of rotatable bonds is 2. The maximum absolute atomic E-state index is 11.9. The molecule has 2 fully saturated rings. The Morgan fingerprint density at radius 1 is 1.13 bits per heavy atom. The summed E-state index contributed by atoms with van der Waals surface area (Å²) in [5.41, 5.74) is 2.34. The Morgan fingerprint density at radius 2 is 1.87 bits per heavy atom. The molecule has 0 radical (unpaired) electrons. The van der Waals surface area contributed by atoms with Gasteiger partial charge in [-0.05, 0) is 44.1 Å². The van der Waals surface area contributed by atoms with Gasteiger partial charge in [0.2, 0.25) is 0 Å². The molecule has 1 aliphatic heterocycles. The highest BCUT2D eigenvalue weighted by molar-refractivity contribution is 5.64. The summed E-state index contributed by atoms with van der Waals surface area (Å²) in [6.45, 7) is 3.98. The fraction of sp³-hybridized carbons (Fsp3) is 0.500. The largest absolute Gasteiger partial charge is 0.370 e. The van der Waals surface area contributed by atoms with Crippen LogP contribution in [-0.2, 0) is 0 Å². The predicted molar refractivity (Wildman–Crippen MR) is 86.6 cm³/mol. The monoisotopic (exact) mass is 313 g/mol. The van der Waals surface area contributed by atoms with Gasteiger partial charge in [-0.3, -0.25) is 9.78 Å². The lowest BCUT2D eigenvalue weighted by Gasteiger charge is -2.34. The van der Waals surface area contributed by atoms with E-state index < -0.39 is 11.2 Å². The van der Waals surface area contributed by atoms with E-state index in [0.29, 0.717) is 16.7 Å². The molecule has 23 heavy (non-hydrogen) atoms. The standard InChI is InChI=1S/C16H19N5O2/c1-10-13(21-6-4-16(2-3-16)5-7-21)8-12(20-19-10)11-9-17-15(23)18-14(11)22/h8-9H,2-7H2,1H3,(H2,17,18,22,23). The number of nitrogens with one attached hydrogen (secondary N) is 2. The lowest BCUT2D eigenvalue weighted by atomic mass is 9.93. The van der Waals surface area contributed by atoms with Crippen molar-refractivity contribution in [2.24, 2.45) is 5.41 Å². The van der Waals surface area contributed by atoms with E-state index in [1.807, 2.05) is 13.0 Å². The van der Waals surface area contributed by atoms with Crippen LogP contribution >= 0.6 is 0 Å². The summed E-state index contributed by atoms with van der Waals surface area (Å²) in [7, 11) is 0. The molecule has 2 N–H and O–H groups in total. The summed E-state index contributed by atoms with van der Waals surface area (Å²) in [5, 5.41) is 8.33. The molecule has 0 aromatic carbocycles. The number of H-pyrrole nitrogens is 2. The first-order valence-corrected chi connectivity index (χ1v) is 7.98. The summed E-state index contributed by atoms with van der Waals surface area (Å²) < 4.78 is 0. The van der Waals surface area contributed by atoms with Crippen molar-refractivity contribution >= 4 is 5.69 Å². The molecule has 1 saturated heterocycles. The molecule has 2 aromatic heterocycles. The second-order valence-corrected chi connectivity index (χ2v) is 6.67. The first-order valence-electron chi connectivity index (χ1n) is 7.98. The fourth-order valence-electron chi connectivity index (χ4n) is 3.39. The van der Waals surface area contributed by atoms with E-state index in [-0.39, 0.29) is 0 Å². The van der Waals surface area contributed by atoms with Crippen LogP contribution in [0.1, 0.15) is 31.4 Å². The van der Waals surface area contributed by atoms with Crippen molar-refractivity contribution in [3.63, 3.8) is 0 Å². The summed E-state index contributed by atoms with van der Waals surface area (Å²) >= 11 is 0. The van der Waals surface area contributed by atoms with Gasteiger partial charge in [0.15, 0.2) is 0 Å². The maximum atomic E-state index is 11.9. The molecule has 1 saturated carbocycles. The number of nitrogens with zero attached hydrogens (tertiary/aromatic N) is 3. The number of aryl methyl sites for hydroxylation is 1. The third-order valence-electron chi connectivity index (χ3n) is 5.17. The number of hydrogen-bond acceptors (Lipinski definition) is 5. The average Bonchev–Trinajstić information content (AvgIpc) is 3.29. The summed E-state index contributed by atoms with van der Waals surface area (Å²) in [6.07, 6.45) is 6.57. The number of aromatic amines is 2. The van der Waals surface area contributed by atoms with Crippen LogP contribution in [-0.4, -0.2) is 33.3 Å². The predicted octanol–water partition coefficient (Wildman–Crippen LogP) is 1.21. The molecule has 1 aliphatic carbocycles. The second-order valence-electron chi connectivity index (χ2n) is 6.67. The Bertz CT molecular complexity index is 855. The van der Waals surface area contributed by atoms with E-state index in [9.17, 15) is 9.59 Å². The van der Waals surface area contributed by atoms with Crippen LogP contribution in [0.4, 0.5) is 5.69 Å². The van der Waals surface area contributed by atoms with Crippen LogP contribution in [0.3, 0.4) is 0 Å². The van der Waals surface area contributed by atoms with E-state index in [0.717, 1.165) is 24.5 Å². The SMILES string of the molecule is Cc1nnc(-c2c[nH]c(=O)[nH]c2=O)cc1N1CCC2(CC1)CC2. The highest BCUT2D eigenvalue weighted by Gasteiger charge is 2.44. The van der Waals surface area contributed by atoms with Gasteiger partial charge in [0.25, 0.3) is 5.56 Å². The van der Waals surface area contributed by atoms with E-state index in [1.165, 1.54) is 31.9 Å². The maximum Gasteiger partial charge on any atom is 0.325 e. The second kappa shape index (κ2) is 5.04. The average molecular weight is 313 g/mol. The lowest BCUT2D eigenvalue weighted by molar-refractivity contribution is 0.384. The summed E-state index contributed by atoms with van der Waals surface area (Å²) in [5.74, 6) is 0. The number of piperidine rings is 1. The quantitative estimate of drug-likeness (QED) is 0.869. The zero-order chi connectivity index (χ0) is 16.0. The van der Waals surface area contributed by atoms with Crippen LogP contribution in [0.2, 0.25) is 0 Å². The highest BCUT2D eigenvalue weighted by Crippen LogP contribution is 2.54. The molecule has 0 atom stereocenters. The third kappa shape index (κ3) is 2.56. The molecule has 120 valence electrons. The van der Waals surface area contributed by atoms with Crippen molar-refractivity contribution in [1.29, 1.82) is 0 Å². The van der Waals surface area contributed by atoms with Gasteiger partial charge in [0.05, 0.1) is 16.9 Å². The topological polar surface area (TPSA) is 94.7 Å². The van der Waals surface area contributed by atoms with Crippen molar-refractivity contribution in [2.45, 2.75) is 32.6 Å². The molecular weight excluding hydrogens is 294 g/mol. The van der Waals surface area contributed by atoms with Crippen LogP contribution in [0, 0.1) is 12.3 Å². The zero-order valence-corrected chi connectivity index (χ0v) is 13.1. The zero-order valence-electron chi connectivity index (χ0n) is 13.1. The van der Waals surface area contributed by atoms with Gasteiger partial charge in [-0.25, -0.2) is 4.79 Å². The van der Waals surface area contributed by atoms with Gasteiger partial charge in [-0.2, -0.15) is 5.10 Å². The molecule has 2 aromatic rings. The summed E-state index contributed by atoms with van der Waals surface area (Å²) in [4.78, 5) is 30.1. The number of anilines is 1. The molecule has 7 heteroatoms. The Hall–Kier alpha value is -2.44. The van der Waals surface area contributed by atoms with Gasteiger partial charge in [0, 0.05) is 19.3 Å².